The molecule has 0 saturated carbocycles. The maximum atomic E-state index is 11.8. The van der Waals surface area contributed by atoms with E-state index >= 15 is 0 Å². The number of aliphatic imine (C=N–C) groups is 1. The average molecular weight is 476 g/mol. The Labute approximate surface area is 172 Å². The summed E-state index contributed by atoms with van der Waals surface area (Å²) in [5.74, 6) is 2.24. The van der Waals surface area contributed by atoms with Gasteiger partial charge < -0.3 is 15.5 Å². The summed E-state index contributed by atoms with van der Waals surface area (Å²) in [4.78, 5) is 18.3. The third kappa shape index (κ3) is 7.43. The molecule has 0 atom stereocenters. The van der Waals surface area contributed by atoms with Gasteiger partial charge in [-0.3, -0.25) is 4.79 Å². The number of carbonyl (C=O) groups is 1. The number of hydrogen-bond donors (Lipinski definition) is 2. The third-order valence-corrected chi connectivity index (χ3v) is 4.60. The molecule has 25 heavy (non-hydrogen) atoms. The van der Waals surface area contributed by atoms with Crippen molar-refractivity contribution in [1.29, 1.82) is 0 Å². The van der Waals surface area contributed by atoms with Crippen molar-refractivity contribution >= 4 is 53.3 Å². The molecule has 0 spiro atoms. The molecule has 1 aromatic carbocycles. The highest BCUT2D eigenvalue weighted by Crippen LogP contribution is 2.21. The first kappa shape index (κ1) is 22.1. The number of amides is 1. The Morgan fingerprint density at radius 1 is 1.28 bits per heavy atom. The summed E-state index contributed by atoms with van der Waals surface area (Å²) in [6, 6.07) is 8.16. The van der Waals surface area contributed by atoms with Gasteiger partial charge in [-0.05, 0) is 49.5 Å². The van der Waals surface area contributed by atoms with Crippen LogP contribution in [0.4, 0.5) is 5.69 Å². The number of halogens is 1. The van der Waals surface area contributed by atoms with Gasteiger partial charge in [0.05, 0.1) is 6.54 Å². The van der Waals surface area contributed by atoms with E-state index in [1.807, 2.05) is 28.8 Å². The number of carbonyl (C=O) groups excluding carboxylic acids is 1. The van der Waals surface area contributed by atoms with Crippen LogP contribution in [0.2, 0.25) is 0 Å². The summed E-state index contributed by atoms with van der Waals surface area (Å²) in [6.45, 7) is 5.32. The molecule has 0 radical (unpaired) electrons. The second-order valence-corrected chi connectivity index (χ2v) is 6.77. The summed E-state index contributed by atoms with van der Waals surface area (Å²) in [5, 5.41) is 6.63. The summed E-state index contributed by atoms with van der Waals surface area (Å²) in [6.07, 6.45) is 4.88. The lowest BCUT2D eigenvalue weighted by Gasteiger charge is -2.16. The molecule has 0 aromatic heterocycles. The van der Waals surface area contributed by atoms with Gasteiger partial charge in [-0.25, -0.2) is 4.99 Å². The molecule has 0 bridgehead atoms. The highest BCUT2D eigenvalue weighted by Gasteiger charge is 2.21. The van der Waals surface area contributed by atoms with Crippen LogP contribution in [0.5, 0.6) is 0 Å². The zero-order valence-electron chi connectivity index (χ0n) is 15.1. The second kappa shape index (κ2) is 12.4. The molecule has 1 fully saturated rings. The summed E-state index contributed by atoms with van der Waals surface area (Å²) in [7, 11) is 0. The van der Waals surface area contributed by atoms with Crippen LogP contribution in [0.25, 0.3) is 0 Å². The molecule has 7 heteroatoms. The van der Waals surface area contributed by atoms with Crippen LogP contribution in [0.1, 0.15) is 31.7 Å². The van der Waals surface area contributed by atoms with E-state index in [0.29, 0.717) is 13.0 Å². The molecule has 5 nitrogen and oxygen atoms in total. The maximum absolute atomic E-state index is 11.8. The topological polar surface area (TPSA) is 56.7 Å². The lowest BCUT2D eigenvalue weighted by molar-refractivity contribution is -0.117. The van der Waals surface area contributed by atoms with Crippen LogP contribution in [-0.4, -0.2) is 43.5 Å². The monoisotopic (exact) mass is 476 g/mol. The molecule has 1 aliphatic rings. The smallest absolute Gasteiger partial charge is 0.227 e. The van der Waals surface area contributed by atoms with E-state index in [2.05, 4.69) is 40.9 Å². The van der Waals surface area contributed by atoms with Crippen molar-refractivity contribution < 1.29 is 4.79 Å². The van der Waals surface area contributed by atoms with E-state index in [0.717, 1.165) is 55.4 Å². The van der Waals surface area contributed by atoms with Crippen LogP contribution >= 0.6 is 35.7 Å². The molecular weight excluding hydrogens is 447 g/mol. The fraction of sp³-hybridized carbons (Fsp3) is 0.556. The van der Waals surface area contributed by atoms with Crippen molar-refractivity contribution in [2.75, 3.05) is 36.5 Å². The molecule has 2 rings (SSSR count). The first-order valence-electron chi connectivity index (χ1n) is 8.65. The molecular formula is C18H29IN4OS. The molecule has 1 saturated heterocycles. The lowest BCUT2D eigenvalue weighted by Crippen LogP contribution is -2.37. The number of rotatable bonds is 8. The summed E-state index contributed by atoms with van der Waals surface area (Å²) >= 11 is 1.86. The van der Waals surface area contributed by atoms with Gasteiger partial charge in [-0.1, -0.05) is 12.1 Å². The number of benzene rings is 1. The lowest BCUT2D eigenvalue weighted by atomic mass is 10.2. The minimum Gasteiger partial charge on any atom is -0.357 e. The van der Waals surface area contributed by atoms with Crippen LogP contribution in [-0.2, 0) is 11.3 Å². The average Bonchev–Trinajstić information content (AvgIpc) is 3.03. The minimum atomic E-state index is 0. The quantitative estimate of drug-likeness (QED) is 0.262. The van der Waals surface area contributed by atoms with Crippen molar-refractivity contribution in [3.8, 4) is 0 Å². The predicted octanol–water partition coefficient (Wildman–Crippen LogP) is 3.24. The Morgan fingerprint density at radius 2 is 2.04 bits per heavy atom. The van der Waals surface area contributed by atoms with Crippen LogP contribution in [0, 0.1) is 0 Å². The Kier molecular flexibility index (Phi) is 11.0. The summed E-state index contributed by atoms with van der Waals surface area (Å²) < 4.78 is 0. The number of nitrogens with one attached hydrogen (secondary N) is 2. The van der Waals surface area contributed by atoms with Gasteiger partial charge in [0.1, 0.15) is 0 Å². The summed E-state index contributed by atoms with van der Waals surface area (Å²) in [5.41, 5.74) is 2.14. The molecule has 1 aliphatic heterocycles. The maximum Gasteiger partial charge on any atom is 0.227 e. The number of guanidine groups is 1. The Bertz CT molecular complexity index is 551. The Hall–Kier alpha value is -0.960. The molecule has 1 aromatic rings. The molecule has 1 heterocycles. The first-order chi connectivity index (χ1) is 11.7. The fourth-order valence-corrected chi connectivity index (χ4v) is 3.07. The molecule has 140 valence electrons. The molecule has 1 amide bonds. The van der Waals surface area contributed by atoms with Crippen LogP contribution < -0.4 is 15.5 Å². The molecule has 2 N–H and O–H groups in total. The van der Waals surface area contributed by atoms with Crippen molar-refractivity contribution in [2.24, 2.45) is 4.99 Å². The largest absolute Gasteiger partial charge is 0.357 e. The first-order valence-corrected chi connectivity index (χ1v) is 10.0. The Morgan fingerprint density at radius 3 is 2.64 bits per heavy atom. The van der Waals surface area contributed by atoms with E-state index in [9.17, 15) is 4.79 Å². The zero-order valence-corrected chi connectivity index (χ0v) is 18.2. The number of nitrogens with zero attached hydrogens (tertiary/aromatic N) is 2. The van der Waals surface area contributed by atoms with E-state index in [-0.39, 0.29) is 29.9 Å². The zero-order chi connectivity index (χ0) is 17.2. The van der Waals surface area contributed by atoms with E-state index in [1.54, 1.807) is 0 Å². The second-order valence-electron chi connectivity index (χ2n) is 5.78. The van der Waals surface area contributed by atoms with E-state index in [4.69, 9.17) is 0 Å². The van der Waals surface area contributed by atoms with Gasteiger partial charge in [0.25, 0.3) is 0 Å². The number of hydrogen-bond acceptors (Lipinski definition) is 3. The van der Waals surface area contributed by atoms with Gasteiger partial charge in [0.2, 0.25) is 5.91 Å². The van der Waals surface area contributed by atoms with Gasteiger partial charge in [-0.15, -0.1) is 24.0 Å². The molecule has 0 unspecified atom stereocenters. The normalized spacial score (nSPS) is 14.4. The van der Waals surface area contributed by atoms with Gasteiger partial charge in [0, 0.05) is 31.7 Å². The van der Waals surface area contributed by atoms with Gasteiger partial charge >= 0.3 is 0 Å². The van der Waals surface area contributed by atoms with E-state index < -0.39 is 0 Å². The van der Waals surface area contributed by atoms with Gasteiger partial charge in [-0.2, -0.15) is 11.8 Å². The standard InChI is InChI=1S/C18H28N4OS.HI/c1-3-19-18(20-11-5-13-24-2)21-14-15-7-9-16(10-8-15)22-12-4-6-17(22)23;/h7-10H,3-6,11-14H2,1-2H3,(H2,19,20,21);1H. The highest BCUT2D eigenvalue weighted by atomic mass is 127. The van der Waals surface area contributed by atoms with Crippen LogP contribution in [0.3, 0.4) is 0 Å². The highest BCUT2D eigenvalue weighted by molar-refractivity contribution is 14.0. The third-order valence-electron chi connectivity index (χ3n) is 3.90. The predicted molar refractivity (Wildman–Crippen MR) is 119 cm³/mol. The fourth-order valence-electron chi connectivity index (χ4n) is 2.64. The van der Waals surface area contributed by atoms with Crippen molar-refractivity contribution in [1.82, 2.24) is 10.6 Å². The molecule has 0 aliphatic carbocycles. The van der Waals surface area contributed by atoms with Crippen LogP contribution in [0.15, 0.2) is 29.3 Å². The van der Waals surface area contributed by atoms with Crippen molar-refractivity contribution in [3.63, 3.8) is 0 Å². The SMILES string of the molecule is CCNC(=NCc1ccc(N2CCCC2=O)cc1)NCCCSC.I. The Balaban J connectivity index is 0.00000312. The van der Waals surface area contributed by atoms with Crippen molar-refractivity contribution in [2.45, 2.75) is 32.7 Å². The van der Waals surface area contributed by atoms with E-state index in [1.165, 1.54) is 0 Å². The van der Waals surface area contributed by atoms with Crippen molar-refractivity contribution in [3.05, 3.63) is 29.8 Å². The number of anilines is 1. The number of thioether (sulfide) groups is 1. The van der Waals surface area contributed by atoms with Gasteiger partial charge in [0.15, 0.2) is 5.96 Å². The minimum absolute atomic E-state index is 0.